The molecule has 0 aliphatic rings. The van der Waals surface area contributed by atoms with Crippen LogP contribution in [0.3, 0.4) is 0 Å². The molecule has 17 heavy (non-hydrogen) atoms. The fourth-order valence-electron chi connectivity index (χ4n) is 1.34. The molecule has 0 saturated heterocycles. The van der Waals surface area contributed by atoms with Gasteiger partial charge in [-0.1, -0.05) is 12.1 Å². The Kier molecular flexibility index (Phi) is 5.06. The van der Waals surface area contributed by atoms with Gasteiger partial charge in [-0.25, -0.2) is 0 Å². The van der Waals surface area contributed by atoms with Gasteiger partial charge in [0, 0.05) is 31.3 Å². The van der Waals surface area contributed by atoms with Crippen LogP contribution in [-0.2, 0) is 6.54 Å². The van der Waals surface area contributed by atoms with Crippen molar-refractivity contribution in [2.24, 2.45) is 0 Å². The van der Waals surface area contributed by atoms with E-state index in [0.717, 1.165) is 18.7 Å². The van der Waals surface area contributed by atoms with Crippen molar-refractivity contribution < 1.29 is 4.92 Å². The fraction of sp³-hybridized carbons (Fsp3) is 0.500. The van der Waals surface area contributed by atoms with E-state index < -0.39 is 0 Å². The Balaban J connectivity index is 2.40. The molecule has 0 radical (unpaired) electrons. The highest BCUT2D eigenvalue weighted by Gasteiger charge is 2.05. The van der Waals surface area contributed by atoms with Gasteiger partial charge in [-0.15, -0.1) is 0 Å². The van der Waals surface area contributed by atoms with Crippen LogP contribution >= 0.6 is 0 Å². The van der Waals surface area contributed by atoms with Crippen LogP contribution in [0.25, 0.3) is 0 Å². The third-order valence-corrected chi connectivity index (χ3v) is 2.80. The molecule has 1 aromatic carbocycles. The van der Waals surface area contributed by atoms with Crippen molar-refractivity contribution in [3.8, 4) is 0 Å². The highest BCUT2D eigenvalue weighted by atomic mass is 16.6. The standard InChI is InChI=1S/C12H19N3O2/c1-10(14(2)3)8-13-9-11-4-6-12(7-5-11)15(16)17/h4-7,10,13H,8-9H2,1-3H3. The maximum absolute atomic E-state index is 10.5. The lowest BCUT2D eigenvalue weighted by Gasteiger charge is -2.20. The summed E-state index contributed by atoms with van der Waals surface area (Å²) in [5, 5.41) is 13.8. The molecular formula is C12H19N3O2. The topological polar surface area (TPSA) is 58.4 Å². The van der Waals surface area contributed by atoms with Crippen LogP contribution in [0, 0.1) is 10.1 Å². The van der Waals surface area contributed by atoms with E-state index in [1.165, 1.54) is 12.1 Å². The highest BCUT2D eigenvalue weighted by molar-refractivity contribution is 5.32. The number of nitro benzene ring substituents is 1. The minimum atomic E-state index is -0.384. The van der Waals surface area contributed by atoms with Crippen molar-refractivity contribution in [2.75, 3.05) is 20.6 Å². The van der Waals surface area contributed by atoms with E-state index in [9.17, 15) is 10.1 Å². The third-order valence-electron chi connectivity index (χ3n) is 2.80. The molecule has 1 unspecified atom stereocenters. The van der Waals surface area contributed by atoms with Gasteiger partial charge in [0.1, 0.15) is 0 Å². The highest BCUT2D eigenvalue weighted by Crippen LogP contribution is 2.11. The van der Waals surface area contributed by atoms with Gasteiger partial charge in [0.25, 0.3) is 5.69 Å². The Hall–Kier alpha value is -1.46. The van der Waals surface area contributed by atoms with E-state index in [-0.39, 0.29) is 10.6 Å². The first-order valence-corrected chi connectivity index (χ1v) is 5.61. The molecule has 1 N–H and O–H groups in total. The number of benzene rings is 1. The Morgan fingerprint density at radius 2 is 1.94 bits per heavy atom. The van der Waals surface area contributed by atoms with Gasteiger partial charge in [0.15, 0.2) is 0 Å². The summed E-state index contributed by atoms with van der Waals surface area (Å²) in [6, 6.07) is 7.10. The van der Waals surface area contributed by atoms with Gasteiger partial charge in [-0.05, 0) is 26.6 Å². The quantitative estimate of drug-likeness (QED) is 0.603. The van der Waals surface area contributed by atoms with Crippen LogP contribution < -0.4 is 5.32 Å². The van der Waals surface area contributed by atoms with Crippen molar-refractivity contribution in [1.29, 1.82) is 0 Å². The largest absolute Gasteiger partial charge is 0.311 e. The lowest BCUT2D eigenvalue weighted by molar-refractivity contribution is -0.384. The zero-order valence-corrected chi connectivity index (χ0v) is 10.5. The normalized spacial score (nSPS) is 12.7. The number of rotatable bonds is 6. The van der Waals surface area contributed by atoms with E-state index in [1.54, 1.807) is 12.1 Å². The SMILES string of the molecule is CC(CNCc1ccc([N+](=O)[O-])cc1)N(C)C. The first kappa shape index (κ1) is 13.6. The lowest BCUT2D eigenvalue weighted by atomic mass is 10.2. The predicted molar refractivity (Wildman–Crippen MR) is 68.0 cm³/mol. The number of hydrogen-bond acceptors (Lipinski definition) is 4. The van der Waals surface area contributed by atoms with Crippen molar-refractivity contribution >= 4 is 5.69 Å². The second-order valence-electron chi connectivity index (χ2n) is 4.37. The molecule has 5 nitrogen and oxygen atoms in total. The maximum Gasteiger partial charge on any atom is 0.269 e. The lowest BCUT2D eigenvalue weighted by Crippen LogP contribution is -2.35. The maximum atomic E-state index is 10.5. The fourth-order valence-corrected chi connectivity index (χ4v) is 1.34. The van der Waals surface area contributed by atoms with E-state index in [1.807, 2.05) is 14.1 Å². The van der Waals surface area contributed by atoms with Gasteiger partial charge in [-0.3, -0.25) is 10.1 Å². The molecule has 0 saturated carbocycles. The van der Waals surface area contributed by atoms with Crippen LogP contribution in [-0.4, -0.2) is 36.5 Å². The zero-order chi connectivity index (χ0) is 12.8. The summed E-state index contributed by atoms with van der Waals surface area (Å²) in [5.41, 5.74) is 1.19. The summed E-state index contributed by atoms with van der Waals surface area (Å²) in [6.45, 7) is 3.77. The molecule has 0 aliphatic heterocycles. The zero-order valence-electron chi connectivity index (χ0n) is 10.5. The number of nitrogens with zero attached hydrogens (tertiary/aromatic N) is 2. The smallest absolute Gasteiger partial charge is 0.269 e. The molecule has 0 aromatic heterocycles. The molecule has 5 heteroatoms. The van der Waals surface area contributed by atoms with E-state index in [0.29, 0.717) is 6.04 Å². The number of likely N-dealkylation sites (N-methyl/N-ethyl adjacent to an activating group) is 1. The second kappa shape index (κ2) is 6.32. The van der Waals surface area contributed by atoms with Gasteiger partial charge in [0.05, 0.1) is 4.92 Å². The number of nitrogens with one attached hydrogen (secondary N) is 1. The van der Waals surface area contributed by atoms with Gasteiger partial charge < -0.3 is 10.2 Å². The van der Waals surface area contributed by atoms with Gasteiger partial charge in [0.2, 0.25) is 0 Å². The van der Waals surface area contributed by atoms with Crippen molar-refractivity contribution in [3.63, 3.8) is 0 Å². The average molecular weight is 237 g/mol. The van der Waals surface area contributed by atoms with Crippen molar-refractivity contribution in [2.45, 2.75) is 19.5 Å². The third kappa shape index (κ3) is 4.50. The van der Waals surface area contributed by atoms with Crippen molar-refractivity contribution in [3.05, 3.63) is 39.9 Å². The molecular weight excluding hydrogens is 218 g/mol. The summed E-state index contributed by atoms with van der Waals surface area (Å²) >= 11 is 0. The van der Waals surface area contributed by atoms with Crippen LogP contribution in [0.1, 0.15) is 12.5 Å². The van der Waals surface area contributed by atoms with E-state index in [4.69, 9.17) is 0 Å². The minimum absolute atomic E-state index is 0.135. The molecule has 0 fully saturated rings. The van der Waals surface area contributed by atoms with Gasteiger partial charge in [-0.2, -0.15) is 0 Å². The van der Waals surface area contributed by atoms with Crippen molar-refractivity contribution in [1.82, 2.24) is 10.2 Å². The molecule has 94 valence electrons. The first-order valence-electron chi connectivity index (χ1n) is 5.61. The summed E-state index contributed by atoms with van der Waals surface area (Å²) in [5.74, 6) is 0. The minimum Gasteiger partial charge on any atom is -0.311 e. The first-order chi connectivity index (χ1) is 8.00. The number of nitro groups is 1. The molecule has 0 heterocycles. The monoisotopic (exact) mass is 237 g/mol. The average Bonchev–Trinajstić information content (AvgIpc) is 2.29. The molecule has 0 spiro atoms. The Bertz CT molecular complexity index is 363. The molecule has 0 bridgehead atoms. The summed E-state index contributed by atoms with van der Waals surface area (Å²) < 4.78 is 0. The number of hydrogen-bond donors (Lipinski definition) is 1. The second-order valence-corrected chi connectivity index (χ2v) is 4.37. The predicted octanol–water partition coefficient (Wildman–Crippen LogP) is 1.63. The molecule has 1 aromatic rings. The summed E-state index contributed by atoms with van der Waals surface area (Å²) in [6.07, 6.45) is 0. The van der Waals surface area contributed by atoms with Crippen LogP contribution in [0.5, 0.6) is 0 Å². The van der Waals surface area contributed by atoms with Crippen LogP contribution in [0.15, 0.2) is 24.3 Å². The van der Waals surface area contributed by atoms with Gasteiger partial charge >= 0.3 is 0 Å². The summed E-state index contributed by atoms with van der Waals surface area (Å²) in [4.78, 5) is 12.2. The Morgan fingerprint density at radius 1 is 1.35 bits per heavy atom. The number of non-ortho nitro benzene ring substituents is 1. The van der Waals surface area contributed by atoms with Crippen LogP contribution in [0.4, 0.5) is 5.69 Å². The Labute approximate surface area is 102 Å². The molecule has 1 rings (SSSR count). The van der Waals surface area contributed by atoms with E-state index in [2.05, 4.69) is 17.1 Å². The molecule has 0 aliphatic carbocycles. The van der Waals surface area contributed by atoms with Crippen LogP contribution in [0.2, 0.25) is 0 Å². The molecule has 0 amide bonds. The summed E-state index contributed by atoms with van der Waals surface area (Å²) in [7, 11) is 4.08. The van der Waals surface area contributed by atoms with E-state index >= 15 is 0 Å². The Morgan fingerprint density at radius 3 is 2.41 bits per heavy atom. The molecule has 1 atom stereocenters.